The normalized spacial score (nSPS) is 33.0. The highest BCUT2D eigenvalue weighted by Gasteiger charge is 2.16. The van der Waals surface area contributed by atoms with E-state index >= 15 is 0 Å². The summed E-state index contributed by atoms with van der Waals surface area (Å²) in [4.78, 5) is 0. The van der Waals surface area contributed by atoms with Crippen molar-refractivity contribution in [1.82, 2.24) is 0 Å². The van der Waals surface area contributed by atoms with Gasteiger partial charge in [-0.05, 0) is 25.7 Å². The van der Waals surface area contributed by atoms with E-state index in [0.717, 1.165) is 25.7 Å². The Kier molecular flexibility index (Phi) is 5.04. The topological polar surface area (TPSA) is 35.2 Å². The van der Waals surface area contributed by atoms with Crippen molar-refractivity contribution in [2.45, 2.75) is 37.8 Å². The molecule has 1 saturated carbocycles. The summed E-state index contributed by atoms with van der Waals surface area (Å²) in [6.45, 7) is 0. The Labute approximate surface area is 68.5 Å². The number of hydrogen-bond acceptors (Lipinski definition) is 2. The van der Waals surface area contributed by atoms with E-state index in [2.05, 4.69) is 0 Å². The molecule has 62 valence electrons. The van der Waals surface area contributed by atoms with Crippen LogP contribution < -0.4 is 5.73 Å². The molecule has 0 aromatic carbocycles. The van der Waals surface area contributed by atoms with Crippen molar-refractivity contribution in [2.24, 2.45) is 5.73 Å². The third-order valence-corrected chi connectivity index (χ3v) is 2.05. The summed E-state index contributed by atoms with van der Waals surface area (Å²) < 4.78 is 5.18. The Hall–Kier alpha value is 0.210. The van der Waals surface area contributed by atoms with Crippen LogP contribution in [0.25, 0.3) is 0 Å². The molecule has 0 bridgehead atoms. The number of hydrogen-bond donors (Lipinski definition) is 1. The van der Waals surface area contributed by atoms with Crippen LogP contribution >= 0.6 is 12.4 Å². The summed E-state index contributed by atoms with van der Waals surface area (Å²) in [6, 6.07) is 0.441. The van der Waals surface area contributed by atoms with Crippen LogP contribution in [0.1, 0.15) is 25.7 Å². The van der Waals surface area contributed by atoms with Crippen molar-refractivity contribution in [2.75, 3.05) is 7.11 Å². The van der Waals surface area contributed by atoms with E-state index in [0.29, 0.717) is 12.1 Å². The summed E-state index contributed by atoms with van der Waals surface area (Å²) in [7, 11) is 1.78. The fraction of sp³-hybridized carbons (Fsp3) is 1.00. The van der Waals surface area contributed by atoms with Gasteiger partial charge in [0, 0.05) is 13.2 Å². The molecule has 1 aliphatic rings. The molecule has 0 saturated heterocycles. The third-order valence-electron chi connectivity index (χ3n) is 2.05. The zero-order chi connectivity index (χ0) is 6.69. The Balaban J connectivity index is 0.000000810. The second-order valence-electron chi connectivity index (χ2n) is 2.77. The Morgan fingerprint density at radius 1 is 1.20 bits per heavy atom. The van der Waals surface area contributed by atoms with Crippen molar-refractivity contribution in [3.63, 3.8) is 0 Å². The van der Waals surface area contributed by atoms with Crippen molar-refractivity contribution >= 4 is 12.4 Å². The molecule has 0 atom stereocenters. The van der Waals surface area contributed by atoms with Gasteiger partial charge in [0.2, 0.25) is 0 Å². The van der Waals surface area contributed by atoms with E-state index < -0.39 is 0 Å². The molecule has 3 heteroatoms. The molecule has 0 spiro atoms. The quantitative estimate of drug-likeness (QED) is 0.636. The van der Waals surface area contributed by atoms with Gasteiger partial charge >= 0.3 is 0 Å². The van der Waals surface area contributed by atoms with E-state index in [-0.39, 0.29) is 12.4 Å². The Morgan fingerprint density at radius 2 is 1.70 bits per heavy atom. The van der Waals surface area contributed by atoms with Gasteiger partial charge in [-0.3, -0.25) is 0 Å². The molecule has 0 aromatic heterocycles. The molecule has 0 aliphatic heterocycles. The first-order valence-electron chi connectivity index (χ1n) is 3.61. The molecule has 2 N–H and O–H groups in total. The van der Waals surface area contributed by atoms with Gasteiger partial charge in [0.25, 0.3) is 0 Å². The molecule has 10 heavy (non-hydrogen) atoms. The van der Waals surface area contributed by atoms with Crippen LogP contribution in [0.3, 0.4) is 0 Å². The average molecular weight is 166 g/mol. The van der Waals surface area contributed by atoms with Crippen LogP contribution in [0.4, 0.5) is 0 Å². The maximum Gasteiger partial charge on any atom is 0.0572 e. The standard InChI is InChI=1S/C7H15NO.ClH/c1-9-7-4-2-6(8)3-5-7;/h6-7H,2-5,8H2,1H3;1H. The fourth-order valence-electron chi connectivity index (χ4n) is 1.32. The van der Waals surface area contributed by atoms with E-state index in [9.17, 15) is 0 Å². The van der Waals surface area contributed by atoms with E-state index in [1.165, 1.54) is 0 Å². The average Bonchev–Trinajstić information content (AvgIpc) is 1.90. The lowest BCUT2D eigenvalue weighted by atomic mass is 9.94. The minimum atomic E-state index is 0. The van der Waals surface area contributed by atoms with Gasteiger partial charge < -0.3 is 10.5 Å². The molecule has 1 aliphatic carbocycles. The first-order valence-corrected chi connectivity index (χ1v) is 3.61. The summed E-state index contributed by atoms with van der Waals surface area (Å²) in [6.07, 6.45) is 5.07. The molecule has 2 nitrogen and oxygen atoms in total. The van der Waals surface area contributed by atoms with Crippen LogP contribution in [-0.4, -0.2) is 19.3 Å². The van der Waals surface area contributed by atoms with E-state index in [1.807, 2.05) is 0 Å². The molecule has 0 radical (unpaired) electrons. The zero-order valence-corrected chi connectivity index (χ0v) is 7.19. The zero-order valence-electron chi connectivity index (χ0n) is 6.38. The smallest absolute Gasteiger partial charge is 0.0572 e. The van der Waals surface area contributed by atoms with Gasteiger partial charge in [0.1, 0.15) is 0 Å². The van der Waals surface area contributed by atoms with Crippen LogP contribution in [0.2, 0.25) is 0 Å². The van der Waals surface area contributed by atoms with Crippen LogP contribution in [0.5, 0.6) is 0 Å². The largest absolute Gasteiger partial charge is 0.381 e. The third kappa shape index (κ3) is 2.86. The van der Waals surface area contributed by atoms with Gasteiger partial charge in [-0.15, -0.1) is 12.4 Å². The van der Waals surface area contributed by atoms with Gasteiger partial charge in [-0.2, -0.15) is 0 Å². The van der Waals surface area contributed by atoms with Crippen molar-refractivity contribution in [3.8, 4) is 0 Å². The second kappa shape index (κ2) is 4.94. The lowest BCUT2D eigenvalue weighted by Crippen LogP contribution is -2.29. The lowest BCUT2D eigenvalue weighted by molar-refractivity contribution is 0.0664. The van der Waals surface area contributed by atoms with Gasteiger partial charge in [-0.25, -0.2) is 0 Å². The molecule has 1 fully saturated rings. The minimum Gasteiger partial charge on any atom is -0.381 e. The molecule has 1 rings (SSSR count). The first kappa shape index (κ1) is 10.2. The predicted octanol–water partition coefficient (Wildman–Crippen LogP) is 1.32. The minimum absolute atomic E-state index is 0. The molecule has 0 aromatic rings. The molecule has 0 unspecified atom stereocenters. The predicted molar refractivity (Wildman–Crippen MR) is 44.5 cm³/mol. The highest BCUT2D eigenvalue weighted by molar-refractivity contribution is 5.85. The van der Waals surface area contributed by atoms with Crippen molar-refractivity contribution in [3.05, 3.63) is 0 Å². The summed E-state index contributed by atoms with van der Waals surface area (Å²) >= 11 is 0. The van der Waals surface area contributed by atoms with E-state index in [1.54, 1.807) is 7.11 Å². The SMILES string of the molecule is COC1CCC(N)CC1.Cl. The fourth-order valence-corrected chi connectivity index (χ4v) is 1.32. The molecular weight excluding hydrogens is 150 g/mol. The summed E-state index contributed by atoms with van der Waals surface area (Å²) in [5.74, 6) is 0. The number of nitrogens with two attached hydrogens (primary N) is 1. The number of ether oxygens (including phenoxy) is 1. The van der Waals surface area contributed by atoms with Crippen molar-refractivity contribution in [1.29, 1.82) is 0 Å². The molecule has 0 heterocycles. The number of rotatable bonds is 1. The number of methoxy groups -OCH3 is 1. The maximum atomic E-state index is 5.70. The van der Waals surface area contributed by atoms with Crippen molar-refractivity contribution < 1.29 is 4.74 Å². The Morgan fingerprint density at radius 3 is 2.10 bits per heavy atom. The highest BCUT2D eigenvalue weighted by Crippen LogP contribution is 2.18. The van der Waals surface area contributed by atoms with Crippen LogP contribution in [-0.2, 0) is 4.74 Å². The summed E-state index contributed by atoms with van der Waals surface area (Å²) in [5.41, 5.74) is 5.70. The number of halogens is 1. The molecular formula is C7H16ClNO. The molecule has 0 amide bonds. The maximum absolute atomic E-state index is 5.70. The Bertz CT molecular complexity index is 81.7. The monoisotopic (exact) mass is 165 g/mol. The van der Waals surface area contributed by atoms with Gasteiger partial charge in [0.05, 0.1) is 6.10 Å². The second-order valence-corrected chi connectivity index (χ2v) is 2.77. The highest BCUT2D eigenvalue weighted by atomic mass is 35.5. The lowest BCUT2D eigenvalue weighted by Gasteiger charge is -2.24. The van der Waals surface area contributed by atoms with E-state index in [4.69, 9.17) is 10.5 Å². The van der Waals surface area contributed by atoms with Gasteiger partial charge in [0.15, 0.2) is 0 Å². The first-order chi connectivity index (χ1) is 4.33. The summed E-state index contributed by atoms with van der Waals surface area (Å²) in [5, 5.41) is 0. The van der Waals surface area contributed by atoms with Crippen LogP contribution in [0.15, 0.2) is 0 Å². The van der Waals surface area contributed by atoms with Crippen LogP contribution in [0, 0.1) is 0 Å². The van der Waals surface area contributed by atoms with Gasteiger partial charge in [-0.1, -0.05) is 0 Å².